The molecule has 1 aromatic rings. The van der Waals surface area contributed by atoms with Gasteiger partial charge >= 0.3 is 24.3 Å². The average molecular weight is 663 g/mol. The number of carbonyl (C=O) groups is 6. The molecule has 0 aromatic heterocycles. The average Bonchev–Trinajstić information content (AvgIpc) is 3.26. The number of rotatable bonds is 19. The zero-order valence-corrected chi connectivity index (χ0v) is 24.4. The fraction of sp³-hybridized carbons (Fsp3) is 0.556. The van der Waals surface area contributed by atoms with Gasteiger partial charge in [-0.1, -0.05) is 6.07 Å². The van der Waals surface area contributed by atoms with Gasteiger partial charge in [0.1, 0.15) is 11.8 Å². The second-order valence-electron chi connectivity index (χ2n) is 9.51. The van der Waals surface area contributed by atoms with E-state index in [0.717, 1.165) is 6.07 Å². The van der Waals surface area contributed by atoms with Crippen LogP contribution in [0.15, 0.2) is 18.2 Å². The van der Waals surface area contributed by atoms with Crippen molar-refractivity contribution in [1.82, 2.24) is 15.5 Å². The van der Waals surface area contributed by atoms with Crippen molar-refractivity contribution in [2.24, 2.45) is 5.73 Å². The van der Waals surface area contributed by atoms with E-state index < -0.39 is 65.3 Å². The molecule has 0 spiro atoms. The highest BCUT2D eigenvalue weighted by Gasteiger charge is 2.47. The number of halogens is 3. The van der Waals surface area contributed by atoms with Gasteiger partial charge in [0.15, 0.2) is 0 Å². The van der Waals surface area contributed by atoms with Crippen molar-refractivity contribution < 1.29 is 70.4 Å². The lowest BCUT2D eigenvalue weighted by atomic mass is 10.0. The highest BCUT2D eigenvalue weighted by Crippen LogP contribution is 2.34. The Morgan fingerprint density at radius 3 is 2.13 bits per heavy atom. The van der Waals surface area contributed by atoms with Crippen LogP contribution in [0.1, 0.15) is 33.6 Å². The van der Waals surface area contributed by atoms with Crippen molar-refractivity contribution in [2.45, 2.75) is 31.3 Å². The Balaban J connectivity index is 1.54. The van der Waals surface area contributed by atoms with Crippen LogP contribution in [-0.2, 0) is 42.9 Å². The molecule has 4 N–H and O–H groups in total. The van der Waals surface area contributed by atoms with E-state index in [9.17, 15) is 41.9 Å². The number of ether oxygens (including phenoxy) is 6. The topological polar surface area (TPSA) is 211 Å². The Hall–Kier alpha value is -4.17. The van der Waals surface area contributed by atoms with E-state index in [4.69, 9.17) is 29.4 Å². The van der Waals surface area contributed by atoms with E-state index >= 15 is 0 Å². The van der Waals surface area contributed by atoms with Crippen molar-refractivity contribution >= 4 is 35.5 Å². The summed E-state index contributed by atoms with van der Waals surface area (Å²) < 4.78 is 69.4. The molecule has 1 aromatic carbocycles. The van der Waals surface area contributed by atoms with Crippen molar-refractivity contribution in [1.29, 1.82) is 0 Å². The van der Waals surface area contributed by atoms with E-state index in [2.05, 4.69) is 10.1 Å². The number of esters is 1. The van der Waals surface area contributed by atoms with Crippen LogP contribution in [0.25, 0.3) is 0 Å². The summed E-state index contributed by atoms with van der Waals surface area (Å²) in [4.78, 5) is 75.0. The van der Waals surface area contributed by atoms with E-state index in [1.165, 1.54) is 12.1 Å². The van der Waals surface area contributed by atoms with Crippen LogP contribution in [0.3, 0.4) is 0 Å². The Kier molecular flexibility index (Phi) is 13.8. The molecule has 0 aliphatic carbocycles. The Morgan fingerprint density at radius 2 is 1.54 bits per heavy atom. The van der Waals surface area contributed by atoms with Gasteiger partial charge in [-0.25, -0.2) is 4.79 Å². The molecule has 16 nitrogen and oxygen atoms in total. The number of imide groups is 2. The molecule has 5 amide bonds. The number of hydrogen-bond acceptors (Lipinski definition) is 13. The summed E-state index contributed by atoms with van der Waals surface area (Å²) in [5.41, 5.74) is 4.53. The number of nitrogens with zero attached hydrogens (tertiary/aromatic N) is 1. The molecule has 2 aliphatic rings. The first kappa shape index (κ1) is 36.3. The van der Waals surface area contributed by atoms with Gasteiger partial charge in [0.25, 0.3) is 11.8 Å². The Morgan fingerprint density at radius 1 is 0.935 bits per heavy atom. The molecule has 0 radical (unpaired) electrons. The number of carbonyl (C=O) groups excluding carboxylic acids is 6. The maximum absolute atomic E-state index is 13.2. The molecule has 1 fully saturated rings. The molecular formula is C27H33F3N4O12. The minimum atomic E-state index is -5.50. The second-order valence-corrected chi connectivity index (χ2v) is 9.51. The van der Waals surface area contributed by atoms with E-state index in [1.54, 1.807) is 0 Å². The Bertz CT molecular complexity index is 1280. The van der Waals surface area contributed by atoms with Gasteiger partial charge in [0.2, 0.25) is 11.8 Å². The number of amides is 5. The standard InChI is InChI=1S/C27H33F3N4O12/c28-27(29,30)26(40)46-25(22(37)32-7-9-42-11-13-44-15-14-43-12-10-41-8-6-31)45-18-3-1-2-16-20(18)24(39)34(23(16)38)17-4-5-19(35)33-21(17)36/h1-3,17,25H,4-15,31H2,(H,32,37)(H,33,35,36). The van der Waals surface area contributed by atoms with Gasteiger partial charge in [0, 0.05) is 19.5 Å². The zero-order valence-electron chi connectivity index (χ0n) is 24.4. The van der Waals surface area contributed by atoms with E-state index in [0.29, 0.717) is 37.9 Å². The third-order valence-corrected chi connectivity index (χ3v) is 6.25. The van der Waals surface area contributed by atoms with Crippen LogP contribution in [0, 0.1) is 0 Å². The molecule has 0 bridgehead atoms. The number of piperidine rings is 1. The highest BCUT2D eigenvalue weighted by molar-refractivity contribution is 6.24. The predicted octanol–water partition coefficient (Wildman–Crippen LogP) is -0.960. The molecular weight excluding hydrogens is 629 g/mol. The molecule has 3 rings (SSSR count). The molecule has 2 aliphatic heterocycles. The largest absolute Gasteiger partial charge is 0.491 e. The highest BCUT2D eigenvalue weighted by atomic mass is 19.4. The summed E-state index contributed by atoms with van der Waals surface area (Å²) >= 11 is 0. The molecule has 0 saturated carbocycles. The summed E-state index contributed by atoms with van der Waals surface area (Å²) in [5.74, 6) is -8.15. The van der Waals surface area contributed by atoms with Crippen LogP contribution in [-0.4, -0.2) is 125 Å². The van der Waals surface area contributed by atoms with Crippen molar-refractivity contribution in [2.75, 3.05) is 65.9 Å². The molecule has 19 heteroatoms. The maximum atomic E-state index is 13.2. The molecule has 2 atom stereocenters. The lowest BCUT2D eigenvalue weighted by Gasteiger charge is -2.27. The summed E-state index contributed by atoms with van der Waals surface area (Å²) in [6.45, 7) is 2.17. The number of nitrogens with two attached hydrogens (primary N) is 1. The number of fused-ring (bicyclic) bond motifs is 1. The fourth-order valence-corrected chi connectivity index (χ4v) is 4.17. The number of nitrogens with one attached hydrogen (secondary N) is 2. The van der Waals surface area contributed by atoms with Crippen molar-refractivity contribution in [3.8, 4) is 5.75 Å². The summed E-state index contributed by atoms with van der Waals surface area (Å²) in [6.07, 6.45) is -8.35. The number of hydrogen-bond donors (Lipinski definition) is 3. The fourth-order valence-electron chi connectivity index (χ4n) is 4.17. The van der Waals surface area contributed by atoms with Gasteiger partial charge < -0.3 is 39.5 Å². The van der Waals surface area contributed by atoms with E-state index in [1.807, 2.05) is 5.32 Å². The van der Waals surface area contributed by atoms with Crippen LogP contribution in [0.5, 0.6) is 5.75 Å². The maximum Gasteiger partial charge on any atom is 0.491 e. The third kappa shape index (κ3) is 10.2. The molecule has 1 saturated heterocycles. The first-order valence-electron chi connectivity index (χ1n) is 14.0. The molecule has 2 heterocycles. The van der Waals surface area contributed by atoms with Crippen LogP contribution in [0.4, 0.5) is 13.2 Å². The molecule has 46 heavy (non-hydrogen) atoms. The predicted molar refractivity (Wildman–Crippen MR) is 145 cm³/mol. The second kappa shape index (κ2) is 17.5. The van der Waals surface area contributed by atoms with Gasteiger partial charge in [-0.3, -0.25) is 34.2 Å². The molecule has 2 unspecified atom stereocenters. The smallest absolute Gasteiger partial charge is 0.445 e. The van der Waals surface area contributed by atoms with E-state index in [-0.39, 0.29) is 51.4 Å². The van der Waals surface area contributed by atoms with Gasteiger partial charge in [-0.05, 0) is 18.6 Å². The van der Waals surface area contributed by atoms with Gasteiger partial charge in [-0.15, -0.1) is 0 Å². The summed E-state index contributed by atoms with van der Waals surface area (Å²) in [6, 6.07) is 2.11. The minimum Gasteiger partial charge on any atom is -0.445 e. The lowest BCUT2D eigenvalue weighted by molar-refractivity contribution is -0.216. The van der Waals surface area contributed by atoms with Crippen LogP contribution >= 0.6 is 0 Å². The number of benzene rings is 1. The lowest BCUT2D eigenvalue weighted by Crippen LogP contribution is -2.54. The summed E-state index contributed by atoms with van der Waals surface area (Å²) in [7, 11) is 0. The third-order valence-electron chi connectivity index (χ3n) is 6.25. The minimum absolute atomic E-state index is 0.106. The first-order valence-corrected chi connectivity index (χ1v) is 14.0. The van der Waals surface area contributed by atoms with Crippen molar-refractivity contribution in [3.05, 3.63) is 29.3 Å². The summed E-state index contributed by atoms with van der Waals surface area (Å²) in [5, 5.41) is 4.22. The number of alkyl halides is 3. The van der Waals surface area contributed by atoms with Crippen LogP contribution < -0.4 is 21.1 Å². The first-order chi connectivity index (χ1) is 22.0. The quantitative estimate of drug-likeness (QED) is 0.0706. The van der Waals surface area contributed by atoms with Gasteiger partial charge in [0.05, 0.1) is 64.0 Å². The Labute approximate surface area is 259 Å². The SMILES string of the molecule is NCCOCCOCCOCCOCCNC(=O)C(OC(=O)C(F)(F)F)Oc1cccc2c1C(=O)N(C1CCC(=O)NC1=O)C2=O. The van der Waals surface area contributed by atoms with Gasteiger partial charge in [-0.2, -0.15) is 13.2 Å². The monoisotopic (exact) mass is 662 g/mol. The molecule has 254 valence electrons. The van der Waals surface area contributed by atoms with Crippen molar-refractivity contribution in [3.63, 3.8) is 0 Å². The van der Waals surface area contributed by atoms with Crippen LogP contribution in [0.2, 0.25) is 0 Å². The zero-order chi connectivity index (χ0) is 33.7. The normalized spacial score (nSPS) is 17.0.